The molecule has 0 radical (unpaired) electrons. The maximum absolute atomic E-state index is 12.6. The Bertz CT molecular complexity index is 1050. The lowest BCUT2D eigenvalue weighted by Gasteiger charge is -2.32. The van der Waals surface area contributed by atoms with Crippen LogP contribution < -0.4 is 16.0 Å². The summed E-state index contributed by atoms with van der Waals surface area (Å²) < 4.78 is 0.889. The summed E-state index contributed by atoms with van der Waals surface area (Å²) in [5, 5.41) is 3.43. The van der Waals surface area contributed by atoms with Gasteiger partial charge < -0.3 is 16.0 Å². The number of amides is 2. The first kappa shape index (κ1) is 20.8. The van der Waals surface area contributed by atoms with Crippen LogP contribution in [0, 0.1) is 6.92 Å². The van der Waals surface area contributed by atoms with Crippen LogP contribution in [0.3, 0.4) is 0 Å². The van der Waals surface area contributed by atoms with Gasteiger partial charge >= 0.3 is 0 Å². The summed E-state index contributed by atoms with van der Waals surface area (Å²) in [4.78, 5) is 32.6. The van der Waals surface area contributed by atoms with E-state index in [1.165, 1.54) is 32.9 Å². The van der Waals surface area contributed by atoms with E-state index in [1.54, 1.807) is 11.8 Å². The molecule has 1 aliphatic rings. The number of aromatic nitrogens is 1. The van der Waals surface area contributed by atoms with E-state index in [0.717, 1.165) is 21.3 Å². The number of carbonyl (C=O) groups excluding carboxylic acids is 2. The fourth-order valence-electron chi connectivity index (χ4n) is 3.12. The van der Waals surface area contributed by atoms with Crippen LogP contribution in [0.15, 0.2) is 62.5 Å². The highest BCUT2D eigenvalue weighted by Crippen LogP contribution is 2.47. The normalized spacial score (nSPS) is 12.2. The van der Waals surface area contributed by atoms with E-state index in [4.69, 9.17) is 5.73 Å². The number of benzene rings is 2. The van der Waals surface area contributed by atoms with E-state index in [9.17, 15) is 9.59 Å². The Labute approximate surface area is 187 Å². The number of primary amides is 1. The molecule has 4 rings (SSSR count). The van der Waals surface area contributed by atoms with E-state index in [1.807, 2.05) is 31.2 Å². The summed E-state index contributed by atoms with van der Waals surface area (Å²) in [6, 6.07) is 16.5. The van der Waals surface area contributed by atoms with Crippen molar-refractivity contribution in [2.45, 2.75) is 27.3 Å². The van der Waals surface area contributed by atoms with Gasteiger partial charge in [-0.25, -0.2) is 4.98 Å². The van der Waals surface area contributed by atoms with E-state index in [2.05, 4.69) is 39.5 Å². The topological polar surface area (TPSA) is 88.3 Å². The molecule has 0 atom stereocenters. The number of thioether (sulfide) groups is 1. The Morgan fingerprint density at radius 1 is 1.10 bits per heavy atom. The number of para-hydroxylation sites is 2. The van der Waals surface area contributed by atoms with Crippen molar-refractivity contribution in [3.8, 4) is 0 Å². The van der Waals surface area contributed by atoms with Crippen molar-refractivity contribution >= 4 is 63.2 Å². The molecule has 0 saturated carbocycles. The fraction of sp³-hybridized carbons (Fsp3) is 0.190. The van der Waals surface area contributed by atoms with Crippen LogP contribution in [0.2, 0.25) is 0 Å². The SMILES string of the molecule is Cc1nc(NC(=O)CCN2c3ccccc3Sc3ccccc32)sc1SCC(N)=O. The number of nitrogens with zero attached hydrogens (tertiary/aromatic N) is 2. The quantitative estimate of drug-likeness (QED) is 0.503. The molecule has 0 bridgehead atoms. The van der Waals surface area contributed by atoms with Crippen molar-refractivity contribution in [3.05, 3.63) is 54.2 Å². The summed E-state index contributed by atoms with van der Waals surface area (Å²) in [7, 11) is 0. The molecule has 6 nitrogen and oxygen atoms in total. The summed E-state index contributed by atoms with van der Waals surface area (Å²) in [5.41, 5.74) is 8.22. The van der Waals surface area contributed by atoms with Gasteiger partial charge in [-0.3, -0.25) is 9.59 Å². The Morgan fingerprint density at radius 3 is 2.37 bits per heavy atom. The van der Waals surface area contributed by atoms with Gasteiger partial charge in [-0.15, -0.1) is 11.8 Å². The van der Waals surface area contributed by atoms with E-state index in [-0.39, 0.29) is 17.6 Å². The van der Waals surface area contributed by atoms with Gasteiger partial charge in [0, 0.05) is 22.8 Å². The average Bonchev–Trinajstić information content (AvgIpc) is 3.08. The third kappa shape index (κ3) is 4.63. The monoisotopic (exact) mass is 456 g/mol. The highest BCUT2D eigenvalue weighted by molar-refractivity contribution is 8.01. The molecule has 1 aliphatic heterocycles. The molecule has 2 amide bonds. The van der Waals surface area contributed by atoms with Crippen molar-refractivity contribution in [1.82, 2.24) is 4.98 Å². The summed E-state index contributed by atoms with van der Waals surface area (Å²) in [6.45, 7) is 2.42. The van der Waals surface area contributed by atoms with Crippen LogP contribution in [-0.2, 0) is 9.59 Å². The maximum Gasteiger partial charge on any atom is 0.227 e. The molecule has 0 fully saturated rings. The molecule has 9 heteroatoms. The Morgan fingerprint density at radius 2 is 1.73 bits per heavy atom. The second-order valence-corrected chi connectivity index (χ2v) is 9.96. The smallest absolute Gasteiger partial charge is 0.227 e. The predicted octanol–water partition coefficient (Wildman–Crippen LogP) is 4.66. The highest BCUT2D eigenvalue weighted by atomic mass is 32.2. The van der Waals surface area contributed by atoms with Crippen LogP contribution in [0.25, 0.3) is 0 Å². The zero-order chi connectivity index (χ0) is 21.1. The standard InChI is InChI=1S/C21H20N4O2S3/c1-13-20(28-12-18(22)26)30-21(23-13)24-19(27)10-11-25-14-6-2-4-8-16(14)29-17-9-5-3-7-15(17)25/h2-9H,10-12H2,1H3,(H2,22,26)(H,23,24,27). The van der Waals surface area contributed by atoms with Gasteiger partial charge in [0.05, 0.1) is 27.0 Å². The number of hydrogen-bond donors (Lipinski definition) is 2. The number of aryl methyl sites for hydroxylation is 1. The molecule has 3 N–H and O–H groups in total. The number of fused-ring (bicyclic) bond motifs is 2. The van der Waals surface area contributed by atoms with Crippen LogP contribution in [0.5, 0.6) is 0 Å². The molecule has 0 saturated heterocycles. The molecule has 0 unspecified atom stereocenters. The van der Waals surface area contributed by atoms with Gasteiger partial charge in [0.25, 0.3) is 0 Å². The molecule has 2 heterocycles. The number of nitrogens with two attached hydrogens (primary N) is 1. The predicted molar refractivity (Wildman–Crippen MR) is 124 cm³/mol. The second-order valence-electron chi connectivity index (χ2n) is 6.63. The highest BCUT2D eigenvalue weighted by Gasteiger charge is 2.23. The van der Waals surface area contributed by atoms with E-state index in [0.29, 0.717) is 18.1 Å². The van der Waals surface area contributed by atoms with Gasteiger partial charge in [-0.2, -0.15) is 0 Å². The van der Waals surface area contributed by atoms with Gasteiger partial charge in [0.15, 0.2) is 5.13 Å². The first-order valence-corrected chi connectivity index (χ1v) is 11.9. The average molecular weight is 457 g/mol. The van der Waals surface area contributed by atoms with Crippen LogP contribution in [0.1, 0.15) is 12.1 Å². The zero-order valence-corrected chi connectivity index (χ0v) is 18.7. The molecule has 0 spiro atoms. The zero-order valence-electron chi connectivity index (χ0n) is 16.3. The number of anilines is 3. The van der Waals surface area contributed by atoms with Crippen molar-refractivity contribution in [2.75, 3.05) is 22.5 Å². The largest absolute Gasteiger partial charge is 0.369 e. The number of carbonyl (C=O) groups is 2. The van der Waals surface area contributed by atoms with Gasteiger partial charge in [-0.1, -0.05) is 47.4 Å². The number of rotatable bonds is 7. The molecule has 1 aromatic heterocycles. The summed E-state index contributed by atoms with van der Waals surface area (Å²) in [5.74, 6) is -0.274. The summed E-state index contributed by atoms with van der Waals surface area (Å²) in [6.07, 6.45) is 0.329. The van der Waals surface area contributed by atoms with Crippen molar-refractivity contribution in [1.29, 1.82) is 0 Å². The molecule has 3 aromatic rings. The lowest BCUT2D eigenvalue weighted by Crippen LogP contribution is -2.25. The Hall–Kier alpha value is -2.49. The van der Waals surface area contributed by atoms with E-state index < -0.39 is 0 Å². The molecular weight excluding hydrogens is 436 g/mol. The Kier molecular flexibility index (Phi) is 6.31. The molecule has 0 aliphatic carbocycles. The number of nitrogens with one attached hydrogen (secondary N) is 1. The van der Waals surface area contributed by atoms with Crippen molar-refractivity contribution < 1.29 is 9.59 Å². The van der Waals surface area contributed by atoms with Crippen LogP contribution >= 0.6 is 34.9 Å². The minimum absolute atomic E-state index is 0.0941. The lowest BCUT2D eigenvalue weighted by atomic mass is 10.2. The molecule has 30 heavy (non-hydrogen) atoms. The Balaban J connectivity index is 1.44. The van der Waals surface area contributed by atoms with Gasteiger partial charge in [0.1, 0.15) is 0 Å². The third-order valence-corrected chi connectivity index (χ3v) is 8.03. The van der Waals surface area contributed by atoms with Crippen molar-refractivity contribution in [3.63, 3.8) is 0 Å². The molecule has 154 valence electrons. The van der Waals surface area contributed by atoms with Gasteiger partial charge in [0.2, 0.25) is 11.8 Å². The van der Waals surface area contributed by atoms with E-state index >= 15 is 0 Å². The minimum Gasteiger partial charge on any atom is -0.369 e. The number of hydrogen-bond acceptors (Lipinski definition) is 7. The van der Waals surface area contributed by atoms with Crippen LogP contribution in [0.4, 0.5) is 16.5 Å². The first-order valence-electron chi connectivity index (χ1n) is 9.33. The molecular formula is C21H20N4O2S3. The lowest BCUT2D eigenvalue weighted by molar-refractivity contribution is -0.116. The third-order valence-electron chi connectivity index (χ3n) is 4.44. The van der Waals surface area contributed by atoms with Crippen LogP contribution in [-0.4, -0.2) is 29.1 Å². The maximum atomic E-state index is 12.6. The van der Waals surface area contributed by atoms with Gasteiger partial charge in [-0.05, 0) is 31.2 Å². The number of thiazole rings is 1. The second kappa shape index (κ2) is 9.11. The van der Waals surface area contributed by atoms with Crippen molar-refractivity contribution in [2.24, 2.45) is 5.73 Å². The minimum atomic E-state index is -0.376. The fourth-order valence-corrected chi connectivity index (χ4v) is 6.11. The summed E-state index contributed by atoms with van der Waals surface area (Å²) >= 11 is 4.46. The first-order chi connectivity index (χ1) is 14.5. The molecule has 2 aromatic carbocycles.